The number of sulfonamides is 1. The molecule has 10 heteroatoms. The molecule has 1 N–H and O–H groups in total. The molecule has 0 radical (unpaired) electrons. The minimum atomic E-state index is -4.03. The fraction of sp³-hybridized carbons (Fsp3) is 0.409. The molecule has 0 aliphatic carbocycles. The molecule has 2 aromatic carbocycles. The average Bonchev–Trinajstić information content (AvgIpc) is 2.75. The van der Waals surface area contributed by atoms with Crippen LogP contribution in [0.25, 0.3) is 0 Å². The van der Waals surface area contributed by atoms with E-state index in [4.69, 9.17) is 25.8 Å². The van der Waals surface area contributed by atoms with Crippen LogP contribution in [-0.2, 0) is 14.8 Å². The smallest absolute Gasteiger partial charge is 0.262 e. The molecule has 0 saturated carbocycles. The molecule has 8 nitrogen and oxygen atoms in total. The Hall–Kier alpha value is -2.49. The monoisotopic (exact) mass is 482 g/mol. The van der Waals surface area contributed by atoms with E-state index in [1.165, 1.54) is 38.5 Å². The average molecular weight is 483 g/mol. The molecule has 2 aromatic rings. The van der Waals surface area contributed by atoms with Crippen LogP contribution in [0.4, 0.5) is 5.69 Å². The number of aryl methyl sites for hydroxylation is 1. The summed E-state index contributed by atoms with van der Waals surface area (Å²) in [7, 11) is -1.17. The van der Waals surface area contributed by atoms with Gasteiger partial charge in [-0.25, -0.2) is 8.42 Å². The second-order valence-electron chi connectivity index (χ2n) is 7.72. The molecule has 1 saturated heterocycles. The number of anilines is 1. The number of carbonyl (C=O) groups excluding carboxylic acids is 1. The van der Waals surface area contributed by atoms with Crippen molar-refractivity contribution in [3.05, 3.63) is 46.5 Å². The van der Waals surface area contributed by atoms with Gasteiger partial charge in [-0.1, -0.05) is 17.7 Å². The first-order chi connectivity index (χ1) is 15.1. The van der Waals surface area contributed by atoms with Gasteiger partial charge in [-0.2, -0.15) is 0 Å². The van der Waals surface area contributed by atoms with Gasteiger partial charge in [0.15, 0.2) is 0 Å². The molecular weight excluding hydrogens is 456 g/mol. The number of hydrogen-bond acceptors (Lipinski definition) is 6. The first-order valence-electron chi connectivity index (χ1n) is 10.0. The maximum absolute atomic E-state index is 13.2. The van der Waals surface area contributed by atoms with Crippen molar-refractivity contribution >= 4 is 33.2 Å². The number of hydrogen-bond donors (Lipinski definition) is 1. The van der Waals surface area contributed by atoms with Gasteiger partial charge in [-0.15, -0.1) is 0 Å². The number of amides is 1. The molecule has 0 bridgehead atoms. The van der Waals surface area contributed by atoms with Crippen molar-refractivity contribution in [2.24, 2.45) is 0 Å². The maximum Gasteiger partial charge on any atom is 0.262 e. The molecule has 3 rings (SSSR count). The van der Waals surface area contributed by atoms with Gasteiger partial charge in [-0.05, 0) is 44.5 Å². The highest BCUT2D eigenvalue weighted by Crippen LogP contribution is 2.37. The topological polar surface area (TPSA) is 94.2 Å². The number of nitrogens with one attached hydrogen (secondary N) is 1. The third kappa shape index (κ3) is 4.95. The number of benzene rings is 2. The van der Waals surface area contributed by atoms with Gasteiger partial charge in [0.2, 0.25) is 0 Å². The van der Waals surface area contributed by atoms with Crippen LogP contribution >= 0.6 is 11.6 Å². The third-order valence-corrected chi connectivity index (χ3v) is 7.00. The maximum atomic E-state index is 13.2. The second kappa shape index (κ2) is 9.56. The Labute approximate surface area is 193 Å². The molecule has 0 aromatic heterocycles. The van der Waals surface area contributed by atoms with Gasteiger partial charge in [0.1, 0.15) is 11.5 Å². The van der Waals surface area contributed by atoms with E-state index >= 15 is 0 Å². The summed E-state index contributed by atoms with van der Waals surface area (Å²) < 4.78 is 44.8. The Morgan fingerprint density at radius 3 is 2.50 bits per heavy atom. The standard InChI is InChI=1S/C22H27ClN2O6S/c1-13-6-7-16(8-17(13)22(26)25-11-15(3)31-12-14(25)2)32(27,28)24-19-9-18(23)20(29-4)10-21(19)30-5/h6-10,14-15,24H,11-12H2,1-5H3. The molecule has 1 amide bonds. The lowest BCUT2D eigenvalue weighted by Crippen LogP contribution is -2.50. The van der Waals surface area contributed by atoms with Crippen molar-refractivity contribution in [3.8, 4) is 11.5 Å². The van der Waals surface area contributed by atoms with Crippen molar-refractivity contribution in [2.75, 3.05) is 32.1 Å². The van der Waals surface area contributed by atoms with Crippen LogP contribution < -0.4 is 14.2 Å². The van der Waals surface area contributed by atoms with Gasteiger partial charge < -0.3 is 19.1 Å². The fourth-order valence-electron chi connectivity index (χ4n) is 3.48. The van der Waals surface area contributed by atoms with Crippen molar-refractivity contribution < 1.29 is 27.4 Å². The van der Waals surface area contributed by atoms with Gasteiger partial charge in [-0.3, -0.25) is 9.52 Å². The number of halogens is 1. The Morgan fingerprint density at radius 2 is 1.84 bits per heavy atom. The van der Waals surface area contributed by atoms with E-state index in [0.29, 0.717) is 30.0 Å². The molecule has 0 spiro atoms. The summed E-state index contributed by atoms with van der Waals surface area (Å²) in [6, 6.07) is 7.26. The first kappa shape index (κ1) is 24.2. The second-order valence-corrected chi connectivity index (χ2v) is 9.81. The highest BCUT2D eigenvalue weighted by Gasteiger charge is 2.30. The zero-order valence-corrected chi connectivity index (χ0v) is 20.2. The number of nitrogens with zero attached hydrogens (tertiary/aromatic N) is 1. The quantitative estimate of drug-likeness (QED) is 0.674. The summed E-state index contributed by atoms with van der Waals surface area (Å²) in [6.07, 6.45) is -0.0867. The number of rotatable bonds is 6. The SMILES string of the molecule is COc1cc(OC)c(NS(=O)(=O)c2ccc(C)c(C(=O)N3CC(C)OCC3C)c2)cc1Cl. The third-order valence-electron chi connectivity index (χ3n) is 5.34. The van der Waals surface area contributed by atoms with E-state index in [9.17, 15) is 13.2 Å². The van der Waals surface area contributed by atoms with E-state index < -0.39 is 10.0 Å². The van der Waals surface area contributed by atoms with Gasteiger partial charge >= 0.3 is 0 Å². The molecular formula is C22H27ClN2O6S. The van der Waals surface area contributed by atoms with E-state index in [1.54, 1.807) is 17.9 Å². The Kier molecular flexibility index (Phi) is 7.22. The fourth-order valence-corrected chi connectivity index (χ4v) is 4.81. The minimum absolute atomic E-state index is 0.0468. The molecule has 1 aliphatic rings. The predicted molar refractivity (Wildman–Crippen MR) is 122 cm³/mol. The summed E-state index contributed by atoms with van der Waals surface area (Å²) in [5.74, 6) is 0.366. The molecule has 1 heterocycles. The highest BCUT2D eigenvalue weighted by atomic mass is 35.5. The molecule has 2 atom stereocenters. The molecule has 1 fully saturated rings. The lowest BCUT2D eigenvalue weighted by Gasteiger charge is -2.37. The first-order valence-corrected chi connectivity index (χ1v) is 11.9. The highest BCUT2D eigenvalue weighted by molar-refractivity contribution is 7.92. The van der Waals surface area contributed by atoms with Crippen LogP contribution in [0, 0.1) is 6.92 Å². The van der Waals surface area contributed by atoms with Crippen molar-refractivity contribution in [3.63, 3.8) is 0 Å². The van der Waals surface area contributed by atoms with Crippen molar-refractivity contribution in [1.29, 1.82) is 0 Å². The number of methoxy groups -OCH3 is 2. The summed E-state index contributed by atoms with van der Waals surface area (Å²) in [6.45, 7) is 6.45. The van der Waals surface area contributed by atoms with Gasteiger partial charge in [0.05, 0.1) is 48.6 Å². The van der Waals surface area contributed by atoms with Crippen molar-refractivity contribution in [2.45, 2.75) is 37.8 Å². The van der Waals surface area contributed by atoms with Crippen LogP contribution in [0.5, 0.6) is 11.5 Å². The van der Waals surface area contributed by atoms with Crippen LogP contribution in [-0.4, -0.2) is 58.7 Å². The molecule has 32 heavy (non-hydrogen) atoms. The van der Waals surface area contributed by atoms with E-state index in [2.05, 4.69) is 4.72 Å². The summed E-state index contributed by atoms with van der Waals surface area (Å²) in [5.41, 5.74) is 1.17. The van der Waals surface area contributed by atoms with E-state index in [1.807, 2.05) is 13.8 Å². The van der Waals surface area contributed by atoms with Crippen LogP contribution in [0.15, 0.2) is 35.2 Å². The Morgan fingerprint density at radius 1 is 1.16 bits per heavy atom. The number of ether oxygens (including phenoxy) is 3. The summed E-state index contributed by atoms with van der Waals surface area (Å²) in [5, 5.41) is 0.223. The summed E-state index contributed by atoms with van der Waals surface area (Å²) >= 11 is 6.16. The lowest BCUT2D eigenvalue weighted by molar-refractivity contribution is -0.0387. The minimum Gasteiger partial charge on any atom is -0.495 e. The molecule has 174 valence electrons. The lowest BCUT2D eigenvalue weighted by atomic mass is 10.1. The van der Waals surface area contributed by atoms with E-state index in [-0.39, 0.29) is 39.4 Å². The summed E-state index contributed by atoms with van der Waals surface area (Å²) in [4.78, 5) is 14.9. The van der Waals surface area contributed by atoms with Crippen molar-refractivity contribution in [1.82, 2.24) is 4.90 Å². The van der Waals surface area contributed by atoms with Gasteiger partial charge in [0.25, 0.3) is 15.9 Å². The Balaban J connectivity index is 1.95. The largest absolute Gasteiger partial charge is 0.495 e. The van der Waals surface area contributed by atoms with Crippen LogP contribution in [0.2, 0.25) is 5.02 Å². The van der Waals surface area contributed by atoms with E-state index in [0.717, 1.165) is 0 Å². The zero-order valence-electron chi connectivity index (χ0n) is 18.6. The molecule has 2 unspecified atom stereocenters. The van der Waals surface area contributed by atoms with Crippen LogP contribution in [0.3, 0.4) is 0 Å². The zero-order chi connectivity index (χ0) is 23.6. The molecule has 1 aliphatic heterocycles. The van der Waals surface area contributed by atoms with Crippen LogP contribution in [0.1, 0.15) is 29.8 Å². The van der Waals surface area contributed by atoms with Gasteiger partial charge in [0, 0.05) is 18.2 Å². The Bertz CT molecular complexity index is 1120. The normalized spacial score (nSPS) is 18.9. The predicted octanol–water partition coefficient (Wildman–Crippen LogP) is 3.72. The number of carbonyl (C=O) groups is 1. The number of morpholine rings is 1.